The largest absolute Gasteiger partial charge is 0.477 e. The number of benzene rings is 1. The summed E-state index contributed by atoms with van der Waals surface area (Å²) < 4.78 is 12.1. The maximum Gasteiger partial charge on any atom is 0.278 e. The number of nitrogens with zero attached hydrogens (tertiary/aromatic N) is 4. The second kappa shape index (κ2) is 7.25. The molecule has 1 amide bonds. The van der Waals surface area contributed by atoms with E-state index >= 15 is 0 Å². The Bertz CT molecular complexity index is 929. The molecule has 3 aromatic rings. The van der Waals surface area contributed by atoms with Gasteiger partial charge in [-0.15, -0.1) is 11.3 Å². The first-order valence-corrected chi connectivity index (χ1v) is 9.27. The van der Waals surface area contributed by atoms with E-state index in [4.69, 9.17) is 9.47 Å². The number of methoxy groups -OCH3 is 1. The Balaban J connectivity index is 1.48. The monoisotopic (exact) mass is 370 g/mol. The average Bonchev–Trinajstić information content (AvgIpc) is 3.16. The summed E-state index contributed by atoms with van der Waals surface area (Å²) in [4.78, 5) is 27.3. The molecule has 0 saturated carbocycles. The number of carbonyl (C=O) groups is 1. The summed E-state index contributed by atoms with van der Waals surface area (Å²) in [6.45, 7) is 1.23. The lowest BCUT2D eigenvalue weighted by molar-refractivity contribution is 0.0519. The maximum absolute atomic E-state index is 12.9. The Hall–Kier alpha value is -2.74. The number of rotatable bonds is 4. The van der Waals surface area contributed by atoms with Crippen LogP contribution in [-0.2, 0) is 0 Å². The van der Waals surface area contributed by atoms with Crippen molar-refractivity contribution in [3.63, 3.8) is 0 Å². The quantitative estimate of drug-likeness (QED) is 0.703. The molecule has 0 N–H and O–H groups in total. The molecule has 7 nitrogen and oxygen atoms in total. The molecule has 0 bridgehead atoms. The second-order valence-corrected chi connectivity index (χ2v) is 6.93. The van der Waals surface area contributed by atoms with Crippen molar-refractivity contribution in [3.05, 3.63) is 41.7 Å². The van der Waals surface area contributed by atoms with Crippen molar-refractivity contribution < 1.29 is 14.3 Å². The second-order valence-electron chi connectivity index (χ2n) is 6.04. The molecule has 4 rings (SSSR count). The van der Waals surface area contributed by atoms with Crippen molar-refractivity contribution >= 4 is 27.5 Å². The molecule has 1 atom stereocenters. The summed E-state index contributed by atoms with van der Waals surface area (Å²) in [6, 6.07) is 5.63. The van der Waals surface area contributed by atoms with Gasteiger partial charge >= 0.3 is 0 Å². The third-order valence-electron chi connectivity index (χ3n) is 4.35. The highest BCUT2D eigenvalue weighted by molar-refractivity contribution is 7.16. The molecule has 1 aromatic carbocycles. The SMILES string of the molecule is COc1nccnc1O[C@@H]1CCCN(C(=O)c2ccc3ncsc3c2)C1. The molecular formula is C18H18N4O3S. The normalized spacial score (nSPS) is 17.3. The van der Waals surface area contributed by atoms with Gasteiger partial charge in [-0.3, -0.25) is 4.79 Å². The van der Waals surface area contributed by atoms with Crippen molar-refractivity contribution in [2.45, 2.75) is 18.9 Å². The van der Waals surface area contributed by atoms with Gasteiger partial charge in [0.05, 0.1) is 29.4 Å². The summed E-state index contributed by atoms with van der Waals surface area (Å²) in [5.41, 5.74) is 3.39. The van der Waals surface area contributed by atoms with Gasteiger partial charge in [0.2, 0.25) is 0 Å². The zero-order valence-corrected chi connectivity index (χ0v) is 15.1. The molecule has 1 aliphatic rings. The van der Waals surface area contributed by atoms with E-state index < -0.39 is 0 Å². The van der Waals surface area contributed by atoms with E-state index in [2.05, 4.69) is 15.0 Å². The van der Waals surface area contributed by atoms with Gasteiger partial charge in [0.1, 0.15) is 6.10 Å². The van der Waals surface area contributed by atoms with Gasteiger partial charge in [-0.1, -0.05) is 0 Å². The van der Waals surface area contributed by atoms with Crippen LogP contribution in [0.5, 0.6) is 11.8 Å². The van der Waals surface area contributed by atoms with Crippen LogP contribution in [0.2, 0.25) is 0 Å². The Morgan fingerprint density at radius 2 is 2.08 bits per heavy atom. The van der Waals surface area contributed by atoms with Gasteiger partial charge in [0.15, 0.2) is 0 Å². The third-order valence-corrected chi connectivity index (χ3v) is 5.14. The number of hydrogen-bond donors (Lipinski definition) is 0. The van der Waals surface area contributed by atoms with Crippen LogP contribution in [0.25, 0.3) is 10.2 Å². The van der Waals surface area contributed by atoms with E-state index in [9.17, 15) is 4.79 Å². The molecule has 26 heavy (non-hydrogen) atoms. The van der Waals surface area contributed by atoms with Gasteiger partial charge in [0.25, 0.3) is 17.7 Å². The van der Waals surface area contributed by atoms with Gasteiger partial charge in [-0.05, 0) is 31.0 Å². The predicted molar refractivity (Wildman–Crippen MR) is 97.8 cm³/mol. The maximum atomic E-state index is 12.9. The topological polar surface area (TPSA) is 77.4 Å². The number of ether oxygens (including phenoxy) is 2. The lowest BCUT2D eigenvalue weighted by atomic mass is 10.1. The first-order valence-electron chi connectivity index (χ1n) is 8.39. The molecule has 0 unspecified atom stereocenters. The van der Waals surface area contributed by atoms with E-state index in [-0.39, 0.29) is 12.0 Å². The number of aromatic nitrogens is 3. The van der Waals surface area contributed by atoms with Crippen LogP contribution in [0.4, 0.5) is 0 Å². The van der Waals surface area contributed by atoms with E-state index in [1.54, 1.807) is 17.9 Å². The fourth-order valence-corrected chi connectivity index (χ4v) is 3.80. The van der Waals surface area contributed by atoms with Crippen molar-refractivity contribution in [2.75, 3.05) is 20.2 Å². The highest BCUT2D eigenvalue weighted by Gasteiger charge is 2.27. The van der Waals surface area contributed by atoms with Crippen molar-refractivity contribution in [3.8, 4) is 11.8 Å². The number of hydrogen-bond acceptors (Lipinski definition) is 7. The summed E-state index contributed by atoms with van der Waals surface area (Å²) in [5.74, 6) is 0.728. The van der Waals surface area contributed by atoms with Crippen LogP contribution >= 0.6 is 11.3 Å². The highest BCUT2D eigenvalue weighted by Crippen LogP contribution is 2.25. The lowest BCUT2D eigenvalue weighted by Crippen LogP contribution is -2.44. The van der Waals surface area contributed by atoms with Crippen molar-refractivity contribution in [1.29, 1.82) is 0 Å². The summed E-state index contributed by atoms with van der Waals surface area (Å²) in [5, 5.41) is 0. The summed E-state index contributed by atoms with van der Waals surface area (Å²) >= 11 is 1.54. The Morgan fingerprint density at radius 1 is 1.23 bits per heavy atom. The third kappa shape index (κ3) is 3.32. The molecule has 134 valence electrons. The van der Waals surface area contributed by atoms with Gasteiger partial charge in [0, 0.05) is 24.5 Å². The molecule has 1 aliphatic heterocycles. The predicted octanol–water partition coefficient (Wildman–Crippen LogP) is 2.78. The average molecular weight is 370 g/mol. The lowest BCUT2D eigenvalue weighted by Gasteiger charge is -2.32. The number of likely N-dealkylation sites (tertiary alicyclic amines) is 1. The number of piperidine rings is 1. The fraction of sp³-hybridized carbons (Fsp3) is 0.333. The number of carbonyl (C=O) groups excluding carboxylic acids is 1. The van der Waals surface area contributed by atoms with Crippen LogP contribution < -0.4 is 9.47 Å². The number of fused-ring (bicyclic) bond motifs is 1. The number of thiazole rings is 1. The van der Waals surface area contributed by atoms with Crippen molar-refractivity contribution in [2.24, 2.45) is 0 Å². The molecular weight excluding hydrogens is 352 g/mol. The zero-order valence-electron chi connectivity index (χ0n) is 14.3. The van der Waals surface area contributed by atoms with E-state index in [1.165, 1.54) is 18.4 Å². The minimum atomic E-state index is -0.134. The molecule has 0 aliphatic carbocycles. The summed E-state index contributed by atoms with van der Waals surface area (Å²) in [7, 11) is 1.53. The van der Waals surface area contributed by atoms with Crippen LogP contribution in [0.3, 0.4) is 0 Å². The zero-order chi connectivity index (χ0) is 17.9. The van der Waals surface area contributed by atoms with E-state index in [0.29, 0.717) is 23.9 Å². The smallest absolute Gasteiger partial charge is 0.278 e. The van der Waals surface area contributed by atoms with Crippen LogP contribution in [0, 0.1) is 0 Å². The van der Waals surface area contributed by atoms with E-state index in [1.807, 2.05) is 23.1 Å². The molecule has 1 fully saturated rings. The molecule has 0 spiro atoms. The number of amides is 1. The van der Waals surface area contributed by atoms with Crippen molar-refractivity contribution in [1.82, 2.24) is 19.9 Å². The molecule has 2 aromatic heterocycles. The van der Waals surface area contributed by atoms with Crippen LogP contribution in [-0.4, -0.2) is 52.1 Å². The Labute approximate surface area is 154 Å². The Morgan fingerprint density at radius 3 is 2.92 bits per heavy atom. The van der Waals surface area contributed by atoms with E-state index in [0.717, 1.165) is 29.6 Å². The van der Waals surface area contributed by atoms with Gasteiger partial charge < -0.3 is 14.4 Å². The first kappa shape index (κ1) is 16.7. The summed E-state index contributed by atoms with van der Waals surface area (Å²) in [6.07, 6.45) is 4.72. The minimum absolute atomic E-state index is 0.0136. The molecule has 3 heterocycles. The Kier molecular flexibility index (Phi) is 4.66. The molecule has 1 saturated heterocycles. The van der Waals surface area contributed by atoms with Gasteiger partial charge in [-0.2, -0.15) is 0 Å². The molecule has 0 radical (unpaired) electrons. The highest BCUT2D eigenvalue weighted by atomic mass is 32.1. The van der Waals surface area contributed by atoms with Crippen LogP contribution in [0.1, 0.15) is 23.2 Å². The standard InChI is InChI=1S/C18H18N4O3S/c1-24-16-17(20-7-6-19-16)25-13-3-2-8-22(10-13)18(23)12-4-5-14-15(9-12)26-11-21-14/h4-7,9,11,13H,2-3,8,10H2,1H3/t13-/m1/s1. The molecule has 8 heteroatoms. The van der Waals surface area contributed by atoms with Gasteiger partial charge in [-0.25, -0.2) is 15.0 Å². The fourth-order valence-electron chi connectivity index (χ4n) is 3.08. The first-order chi connectivity index (χ1) is 12.7. The van der Waals surface area contributed by atoms with Crippen LogP contribution in [0.15, 0.2) is 36.1 Å². The minimum Gasteiger partial charge on any atom is -0.477 e.